The van der Waals surface area contributed by atoms with Gasteiger partial charge in [0, 0.05) is 50.4 Å². The first-order valence-corrected chi connectivity index (χ1v) is 9.55. The summed E-state index contributed by atoms with van der Waals surface area (Å²) < 4.78 is 46.4. The molecule has 1 aliphatic rings. The minimum absolute atomic E-state index is 0.00467. The Morgan fingerprint density at radius 3 is 2.87 bits per heavy atom. The van der Waals surface area contributed by atoms with Gasteiger partial charge < -0.3 is 10.1 Å². The van der Waals surface area contributed by atoms with E-state index in [4.69, 9.17) is 4.74 Å². The number of halogens is 3. The van der Waals surface area contributed by atoms with Crippen molar-refractivity contribution in [3.05, 3.63) is 24.7 Å². The second-order valence-corrected chi connectivity index (χ2v) is 7.50. The number of pyridine rings is 1. The minimum Gasteiger partial charge on any atom is -0.474 e. The number of hydrogen-bond donors (Lipinski definition) is 1. The van der Waals surface area contributed by atoms with E-state index in [9.17, 15) is 18.0 Å². The van der Waals surface area contributed by atoms with Gasteiger partial charge in [0.1, 0.15) is 6.10 Å². The van der Waals surface area contributed by atoms with E-state index in [2.05, 4.69) is 20.5 Å². The van der Waals surface area contributed by atoms with Gasteiger partial charge in [0.05, 0.1) is 29.2 Å². The van der Waals surface area contributed by atoms with E-state index in [0.29, 0.717) is 35.6 Å². The van der Waals surface area contributed by atoms with Gasteiger partial charge in [-0.1, -0.05) is 0 Å². The number of aryl methyl sites for hydroxylation is 2. The van der Waals surface area contributed by atoms with Crippen molar-refractivity contribution in [2.24, 2.45) is 13.0 Å². The van der Waals surface area contributed by atoms with Gasteiger partial charge in [-0.25, -0.2) is 4.98 Å². The standard InChI is InChI=1S/C19H21F3N6O2/c1-11(12-5-17(29)23-7-12)30-18-14-10-27(2)26-16(14)6-15(25-18)13-8-24-28(9-13)4-3-19(20,21)22/h6,8-12H,3-5,7H2,1-2H3,(H,23,29)/t11?,12-/m1/s1. The highest BCUT2D eigenvalue weighted by atomic mass is 19.4. The molecule has 0 aliphatic carbocycles. The van der Waals surface area contributed by atoms with Gasteiger partial charge in [-0.05, 0) is 13.0 Å². The zero-order valence-electron chi connectivity index (χ0n) is 16.5. The summed E-state index contributed by atoms with van der Waals surface area (Å²) in [7, 11) is 1.78. The number of ether oxygens (including phenoxy) is 1. The van der Waals surface area contributed by atoms with Gasteiger partial charge in [0.2, 0.25) is 11.8 Å². The molecule has 30 heavy (non-hydrogen) atoms. The second-order valence-electron chi connectivity index (χ2n) is 7.50. The summed E-state index contributed by atoms with van der Waals surface area (Å²) in [5.74, 6) is 0.389. The topological polar surface area (TPSA) is 86.9 Å². The molecule has 11 heteroatoms. The maximum Gasteiger partial charge on any atom is 0.390 e. The number of aromatic nitrogens is 5. The zero-order chi connectivity index (χ0) is 21.5. The number of amides is 1. The van der Waals surface area contributed by atoms with Crippen LogP contribution < -0.4 is 10.1 Å². The Morgan fingerprint density at radius 1 is 1.37 bits per heavy atom. The minimum atomic E-state index is -4.25. The lowest BCUT2D eigenvalue weighted by Crippen LogP contribution is -2.26. The van der Waals surface area contributed by atoms with Crippen molar-refractivity contribution in [1.82, 2.24) is 29.9 Å². The molecule has 1 aliphatic heterocycles. The molecule has 4 heterocycles. The summed E-state index contributed by atoms with van der Waals surface area (Å²) in [6, 6.07) is 1.75. The molecule has 2 atom stereocenters. The van der Waals surface area contributed by atoms with Crippen LogP contribution in [0.5, 0.6) is 5.88 Å². The second kappa shape index (κ2) is 7.62. The van der Waals surface area contributed by atoms with Crippen LogP contribution in [0.25, 0.3) is 22.2 Å². The van der Waals surface area contributed by atoms with Crippen molar-refractivity contribution < 1.29 is 22.7 Å². The number of fused-ring (bicyclic) bond motifs is 1. The number of carbonyl (C=O) groups is 1. The fraction of sp³-hybridized carbons (Fsp3) is 0.474. The molecule has 0 saturated carbocycles. The predicted octanol–water partition coefficient (Wildman–Crippen LogP) is 2.69. The largest absolute Gasteiger partial charge is 0.474 e. The molecule has 3 aromatic heterocycles. The maximum atomic E-state index is 12.5. The van der Waals surface area contributed by atoms with Crippen LogP contribution in [0.15, 0.2) is 24.7 Å². The third-order valence-electron chi connectivity index (χ3n) is 5.11. The number of nitrogens with one attached hydrogen (secondary N) is 1. The monoisotopic (exact) mass is 422 g/mol. The summed E-state index contributed by atoms with van der Waals surface area (Å²) in [5, 5.41) is 11.9. The van der Waals surface area contributed by atoms with Crippen LogP contribution in [0.4, 0.5) is 13.2 Å². The Kier molecular flexibility index (Phi) is 5.12. The zero-order valence-corrected chi connectivity index (χ0v) is 16.5. The van der Waals surface area contributed by atoms with Crippen LogP contribution >= 0.6 is 0 Å². The first-order valence-electron chi connectivity index (χ1n) is 9.55. The first-order chi connectivity index (χ1) is 14.2. The van der Waals surface area contributed by atoms with E-state index < -0.39 is 12.6 Å². The van der Waals surface area contributed by atoms with Crippen LogP contribution in [0.1, 0.15) is 19.8 Å². The maximum absolute atomic E-state index is 12.5. The molecule has 0 bridgehead atoms. The Bertz CT molecular complexity index is 1070. The molecule has 1 fully saturated rings. The third kappa shape index (κ3) is 4.39. The van der Waals surface area contributed by atoms with Crippen molar-refractivity contribution in [1.29, 1.82) is 0 Å². The van der Waals surface area contributed by atoms with Crippen LogP contribution in [0, 0.1) is 5.92 Å². The molecule has 1 N–H and O–H groups in total. The smallest absolute Gasteiger partial charge is 0.390 e. The number of nitrogens with zero attached hydrogens (tertiary/aromatic N) is 5. The van der Waals surface area contributed by atoms with Gasteiger partial charge in [0.15, 0.2) is 0 Å². The Labute approximate surface area is 170 Å². The van der Waals surface area contributed by atoms with Crippen molar-refractivity contribution in [2.45, 2.75) is 38.6 Å². The van der Waals surface area contributed by atoms with Crippen molar-refractivity contribution in [2.75, 3.05) is 6.54 Å². The van der Waals surface area contributed by atoms with Crippen LogP contribution in [-0.4, -0.2) is 49.3 Å². The molecule has 8 nitrogen and oxygen atoms in total. The first kappa shape index (κ1) is 20.2. The highest BCUT2D eigenvalue weighted by molar-refractivity contribution is 5.86. The molecule has 3 aromatic rings. The van der Waals surface area contributed by atoms with Crippen molar-refractivity contribution in [3.8, 4) is 17.1 Å². The molecule has 0 spiro atoms. The average Bonchev–Trinajstić information content (AvgIpc) is 3.38. The van der Waals surface area contributed by atoms with Gasteiger partial charge in [-0.2, -0.15) is 23.4 Å². The normalized spacial score (nSPS) is 18.0. The lowest BCUT2D eigenvalue weighted by molar-refractivity contribution is -0.137. The highest BCUT2D eigenvalue weighted by Crippen LogP contribution is 2.31. The fourth-order valence-electron chi connectivity index (χ4n) is 3.44. The number of carbonyl (C=O) groups excluding carboxylic acids is 1. The molecule has 0 radical (unpaired) electrons. The van der Waals surface area contributed by atoms with E-state index in [-0.39, 0.29) is 24.5 Å². The number of rotatable bonds is 6. The van der Waals surface area contributed by atoms with E-state index >= 15 is 0 Å². The lowest BCUT2D eigenvalue weighted by atomic mass is 10.0. The predicted molar refractivity (Wildman–Crippen MR) is 102 cm³/mol. The summed E-state index contributed by atoms with van der Waals surface area (Å²) >= 11 is 0. The SMILES string of the molecule is CC(Oc1nc(-c2cnn(CCC(F)(F)F)c2)cc2nn(C)cc12)[C@H]1CNC(=O)C1. The van der Waals surface area contributed by atoms with E-state index in [1.54, 1.807) is 24.0 Å². The Hall–Kier alpha value is -3.11. The molecule has 1 unspecified atom stereocenters. The molecule has 4 rings (SSSR count). The molecule has 160 valence electrons. The van der Waals surface area contributed by atoms with Gasteiger partial charge >= 0.3 is 6.18 Å². The number of alkyl halides is 3. The van der Waals surface area contributed by atoms with Crippen LogP contribution in [0.3, 0.4) is 0 Å². The molecular weight excluding hydrogens is 401 g/mol. The van der Waals surface area contributed by atoms with E-state index in [1.807, 2.05) is 6.92 Å². The van der Waals surface area contributed by atoms with Gasteiger partial charge in [0.25, 0.3) is 0 Å². The van der Waals surface area contributed by atoms with Gasteiger partial charge in [-0.15, -0.1) is 0 Å². The summed E-state index contributed by atoms with van der Waals surface area (Å²) in [6.07, 6.45) is -0.284. The molecular formula is C19H21F3N6O2. The Balaban J connectivity index is 1.62. The fourth-order valence-corrected chi connectivity index (χ4v) is 3.44. The van der Waals surface area contributed by atoms with Crippen molar-refractivity contribution in [3.63, 3.8) is 0 Å². The van der Waals surface area contributed by atoms with Crippen LogP contribution in [0.2, 0.25) is 0 Å². The lowest BCUT2D eigenvalue weighted by Gasteiger charge is -2.19. The average molecular weight is 422 g/mol. The number of hydrogen-bond acceptors (Lipinski definition) is 5. The molecule has 1 saturated heterocycles. The van der Waals surface area contributed by atoms with E-state index in [0.717, 1.165) is 5.39 Å². The quantitative estimate of drug-likeness (QED) is 0.660. The highest BCUT2D eigenvalue weighted by Gasteiger charge is 2.29. The van der Waals surface area contributed by atoms with Gasteiger partial charge in [-0.3, -0.25) is 14.2 Å². The summed E-state index contributed by atoms with van der Waals surface area (Å²) in [6.45, 7) is 2.16. The molecule has 0 aromatic carbocycles. The summed E-state index contributed by atoms with van der Waals surface area (Å²) in [5.41, 5.74) is 1.72. The van der Waals surface area contributed by atoms with Crippen molar-refractivity contribution >= 4 is 16.8 Å². The third-order valence-corrected chi connectivity index (χ3v) is 5.11. The van der Waals surface area contributed by atoms with Crippen LogP contribution in [-0.2, 0) is 18.4 Å². The van der Waals surface area contributed by atoms with E-state index in [1.165, 1.54) is 17.1 Å². The Morgan fingerprint density at radius 2 is 2.17 bits per heavy atom. The molecule has 1 amide bonds. The summed E-state index contributed by atoms with van der Waals surface area (Å²) in [4.78, 5) is 16.1.